The van der Waals surface area contributed by atoms with Gasteiger partial charge in [-0.05, 0) is 18.8 Å². The molecule has 0 saturated carbocycles. The van der Waals surface area contributed by atoms with E-state index in [-0.39, 0.29) is 54.4 Å². The number of halogens is 1. The number of nitrogens with zero attached hydrogens (tertiary/aromatic N) is 3. The van der Waals surface area contributed by atoms with Crippen LogP contribution in [-0.4, -0.2) is 66.0 Å². The van der Waals surface area contributed by atoms with Crippen molar-refractivity contribution in [1.29, 1.82) is 5.41 Å². The third-order valence-corrected chi connectivity index (χ3v) is 5.42. The van der Waals surface area contributed by atoms with Crippen LogP contribution in [0.15, 0.2) is 30.6 Å². The van der Waals surface area contributed by atoms with Crippen LogP contribution in [0.2, 0.25) is 0 Å². The van der Waals surface area contributed by atoms with Crippen molar-refractivity contribution in [3.05, 3.63) is 42.0 Å². The maximum Gasteiger partial charge on any atom is 0.316 e. The first kappa shape index (κ1) is 25.0. The number of methoxy groups -OCH3 is 1. The van der Waals surface area contributed by atoms with Crippen LogP contribution >= 0.6 is 0 Å². The summed E-state index contributed by atoms with van der Waals surface area (Å²) in [6.45, 7) is 1.58. The van der Waals surface area contributed by atoms with Gasteiger partial charge in [-0.3, -0.25) is 15.0 Å². The molecule has 0 radical (unpaired) electrons. The molecule has 0 bridgehead atoms. The summed E-state index contributed by atoms with van der Waals surface area (Å²) >= 11 is 0. The Hall–Kier alpha value is -3.60. The zero-order chi connectivity index (χ0) is 24.5. The highest BCUT2D eigenvalue weighted by atomic mass is 19.1. The Morgan fingerprint density at radius 2 is 1.94 bits per heavy atom. The molecule has 10 nitrogen and oxygen atoms in total. The second kappa shape index (κ2) is 12.0. The number of likely N-dealkylation sites (tertiary alicyclic amines) is 1. The SMILES string of the molecule is COCC(=O)N1CCC(COc2ncc(-c3cccc(COC(=O)CC(=N)N)c3F)cn2)CC1. The molecule has 1 aromatic heterocycles. The molecule has 0 aliphatic carbocycles. The van der Waals surface area contributed by atoms with Gasteiger partial charge in [0.25, 0.3) is 0 Å². The third-order valence-electron chi connectivity index (χ3n) is 5.42. The predicted octanol–water partition coefficient (Wildman–Crippen LogP) is 1.92. The number of amidine groups is 1. The van der Waals surface area contributed by atoms with E-state index in [0.29, 0.717) is 25.3 Å². The van der Waals surface area contributed by atoms with Gasteiger partial charge in [0.05, 0.1) is 6.61 Å². The molecule has 0 spiro atoms. The van der Waals surface area contributed by atoms with E-state index in [4.69, 9.17) is 25.4 Å². The molecule has 1 saturated heterocycles. The van der Waals surface area contributed by atoms with Crippen LogP contribution in [-0.2, 0) is 25.7 Å². The second-order valence-corrected chi connectivity index (χ2v) is 7.96. The summed E-state index contributed by atoms with van der Waals surface area (Å²) in [6.07, 6.45) is 4.24. The molecule has 0 atom stereocenters. The number of nitrogens with two attached hydrogens (primary N) is 1. The van der Waals surface area contributed by atoms with Crippen LogP contribution in [0, 0.1) is 17.1 Å². The summed E-state index contributed by atoms with van der Waals surface area (Å²) in [4.78, 5) is 33.6. The highest BCUT2D eigenvalue weighted by molar-refractivity contribution is 5.94. The van der Waals surface area contributed by atoms with Crippen molar-refractivity contribution < 1.29 is 28.2 Å². The first-order chi connectivity index (χ1) is 16.4. The molecule has 1 aromatic carbocycles. The minimum absolute atomic E-state index is 0.00804. The zero-order valence-electron chi connectivity index (χ0n) is 19.0. The van der Waals surface area contributed by atoms with Crippen molar-refractivity contribution in [2.45, 2.75) is 25.9 Å². The van der Waals surface area contributed by atoms with E-state index in [0.717, 1.165) is 12.8 Å². The lowest BCUT2D eigenvalue weighted by Crippen LogP contribution is -2.41. The molecular formula is C23H28FN5O5. The number of hydrogen-bond acceptors (Lipinski definition) is 8. The van der Waals surface area contributed by atoms with E-state index >= 15 is 0 Å². The quantitative estimate of drug-likeness (QED) is 0.303. The molecule has 1 amide bonds. The first-order valence-electron chi connectivity index (χ1n) is 10.8. The van der Waals surface area contributed by atoms with E-state index in [1.165, 1.54) is 25.6 Å². The number of benzene rings is 1. The zero-order valence-corrected chi connectivity index (χ0v) is 19.0. The fourth-order valence-electron chi connectivity index (χ4n) is 3.56. The Labute approximate surface area is 196 Å². The predicted molar refractivity (Wildman–Crippen MR) is 120 cm³/mol. The summed E-state index contributed by atoms with van der Waals surface area (Å²) < 4.78 is 30.5. The van der Waals surface area contributed by atoms with Gasteiger partial charge in [0.15, 0.2) is 0 Å². The highest BCUT2D eigenvalue weighted by Crippen LogP contribution is 2.25. The lowest BCUT2D eigenvalue weighted by atomic mass is 9.98. The average Bonchev–Trinajstić information content (AvgIpc) is 2.82. The molecule has 3 N–H and O–H groups in total. The Bertz CT molecular complexity index is 1010. The molecule has 1 aliphatic heterocycles. The third kappa shape index (κ3) is 6.95. The Kier molecular flexibility index (Phi) is 8.86. The van der Waals surface area contributed by atoms with Crippen LogP contribution in [0.3, 0.4) is 0 Å². The van der Waals surface area contributed by atoms with Gasteiger partial charge < -0.3 is 24.8 Å². The Morgan fingerprint density at radius 3 is 2.59 bits per heavy atom. The number of hydrogen-bond donors (Lipinski definition) is 2. The maximum absolute atomic E-state index is 14.9. The van der Waals surface area contributed by atoms with E-state index in [9.17, 15) is 14.0 Å². The fourth-order valence-corrected chi connectivity index (χ4v) is 3.56. The first-order valence-corrected chi connectivity index (χ1v) is 10.8. The lowest BCUT2D eigenvalue weighted by molar-refractivity contribution is -0.143. The standard InChI is InChI=1S/C23H28FN5O5/c1-32-14-20(30)29-7-5-15(6-8-29)12-34-23-27-10-17(11-28-23)18-4-2-3-16(22(18)24)13-33-21(31)9-19(25)26/h2-4,10-11,15H,5-9,12-14H2,1H3,(H3,25,26). The van der Waals surface area contributed by atoms with Gasteiger partial charge in [-0.2, -0.15) is 0 Å². The summed E-state index contributed by atoms with van der Waals surface area (Å²) in [6, 6.07) is 4.91. The number of amides is 1. The van der Waals surface area contributed by atoms with Crippen LogP contribution < -0.4 is 10.5 Å². The molecule has 3 rings (SSSR count). The van der Waals surface area contributed by atoms with Crippen molar-refractivity contribution in [3.63, 3.8) is 0 Å². The monoisotopic (exact) mass is 473 g/mol. The number of esters is 1. The van der Waals surface area contributed by atoms with Crippen molar-refractivity contribution in [2.75, 3.05) is 33.4 Å². The smallest absolute Gasteiger partial charge is 0.316 e. The number of nitrogens with one attached hydrogen (secondary N) is 1. The van der Waals surface area contributed by atoms with E-state index in [1.54, 1.807) is 17.0 Å². The van der Waals surface area contributed by atoms with Crippen LogP contribution in [0.5, 0.6) is 6.01 Å². The molecule has 1 aliphatic rings. The normalized spacial score (nSPS) is 14.0. The summed E-state index contributed by atoms with van der Waals surface area (Å²) in [5.41, 5.74) is 6.06. The molecule has 1 fully saturated rings. The van der Waals surface area contributed by atoms with Gasteiger partial charge in [-0.25, -0.2) is 14.4 Å². The van der Waals surface area contributed by atoms with Crippen molar-refractivity contribution >= 4 is 17.7 Å². The largest absolute Gasteiger partial charge is 0.463 e. The van der Waals surface area contributed by atoms with Gasteiger partial charge in [0, 0.05) is 49.3 Å². The molecule has 34 heavy (non-hydrogen) atoms. The molecular weight excluding hydrogens is 445 g/mol. The Morgan fingerprint density at radius 1 is 1.24 bits per heavy atom. The minimum atomic E-state index is -0.700. The van der Waals surface area contributed by atoms with Gasteiger partial charge in [-0.15, -0.1) is 0 Å². The van der Waals surface area contributed by atoms with Crippen LogP contribution in [0.4, 0.5) is 4.39 Å². The molecule has 182 valence electrons. The van der Waals surface area contributed by atoms with Crippen molar-refractivity contribution in [3.8, 4) is 17.1 Å². The number of piperidine rings is 1. The van der Waals surface area contributed by atoms with Gasteiger partial charge in [0.2, 0.25) is 5.91 Å². The highest BCUT2D eigenvalue weighted by Gasteiger charge is 2.23. The average molecular weight is 474 g/mol. The van der Waals surface area contributed by atoms with Crippen LogP contribution in [0.25, 0.3) is 11.1 Å². The number of ether oxygens (including phenoxy) is 3. The molecule has 2 aromatic rings. The fraction of sp³-hybridized carbons (Fsp3) is 0.435. The van der Waals surface area contributed by atoms with E-state index in [1.807, 2.05) is 0 Å². The molecule has 11 heteroatoms. The Balaban J connectivity index is 1.53. The second-order valence-electron chi connectivity index (χ2n) is 7.96. The molecule has 0 unspecified atom stereocenters. The molecule has 2 heterocycles. The van der Waals surface area contributed by atoms with Gasteiger partial charge in [-0.1, -0.05) is 18.2 Å². The van der Waals surface area contributed by atoms with Crippen LogP contribution in [0.1, 0.15) is 24.8 Å². The number of carbonyl (C=O) groups is 2. The van der Waals surface area contributed by atoms with Crippen molar-refractivity contribution in [2.24, 2.45) is 11.7 Å². The van der Waals surface area contributed by atoms with Gasteiger partial charge >= 0.3 is 12.0 Å². The van der Waals surface area contributed by atoms with E-state index in [2.05, 4.69) is 9.97 Å². The topological polar surface area (TPSA) is 141 Å². The lowest BCUT2D eigenvalue weighted by Gasteiger charge is -2.31. The summed E-state index contributed by atoms with van der Waals surface area (Å²) in [5.74, 6) is -1.29. The summed E-state index contributed by atoms with van der Waals surface area (Å²) in [7, 11) is 1.50. The number of carbonyl (C=O) groups excluding carboxylic acids is 2. The minimum Gasteiger partial charge on any atom is -0.463 e. The number of aromatic nitrogens is 2. The number of rotatable bonds is 10. The summed E-state index contributed by atoms with van der Waals surface area (Å²) in [5, 5.41) is 7.10. The maximum atomic E-state index is 14.9. The van der Waals surface area contributed by atoms with Gasteiger partial charge in [0.1, 0.15) is 31.3 Å². The van der Waals surface area contributed by atoms with E-state index < -0.39 is 11.8 Å². The van der Waals surface area contributed by atoms with Crippen molar-refractivity contribution in [1.82, 2.24) is 14.9 Å².